The smallest absolute Gasteiger partial charge is 0.0541 e. The monoisotopic (exact) mass is 497 g/mol. The molecule has 2 aromatic heterocycles. The first-order valence-corrected chi connectivity index (χ1v) is 14.1. The fourth-order valence-corrected chi connectivity index (χ4v) is 7.52. The Morgan fingerprint density at radius 2 is 1.49 bits per heavy atom. The number of thiophene rings is 1. The van der Waals surface area contributed by atoms with Crippen molar-refractivity contribution in [3.05, 3.63) is 124 Å². The van der Waals surface area contributed by atoms with Gasteiger partial charge in [-0.05, 0) is 76.0 Å². The average Bonchev–Trinajstić information content (AvgIpc) is 3.64. The number of nitrogens with zero attached hydrogens (tertiary/aromatic N) is 1. The van der Waals surface area contributed by atoms with Crippen LogP contribution in [0.15, 0.2) is 102 Å². The molecule has 2 heteroatoms. The third kappa shape index (κ3) is 3.09. The van der Waals surface area contributed by atoms with Crippen LogP contribution in [0.3, 0.4) is 0 Å². The zero-order chi connectivity index (χ0) is 25.4. The van der Waals surface area contributed by atoms with Crippen LogP contribution in [-0.4, -0.2) is 4.57 Å². The molecule has 37 heavy (non-hydrogen) atoms. The number of para-hydroxylation sites is 1. The Morgan fingerprint density at radius 1 is 0.730 bits per heavy atom. The molecule has 4 aromatic carbocycles. The molecule has 1 unspecified atom stereocenters. The molecule has 1 aliphatic carbocycles. The van der Waals surface area contributed by atoms with Crippen LogP contribution < -0.4 is 0 Å². The van der Waals surface area contributed by atoms with Crippen LogP contribution in [-0.2, 0) is 10.8 Å². The van der Waals surface area contributed by atoms with Crippen molar-refractivity contribution in [2.45, 2.75) is 44.9 Å². The van der Waals surface area contributed by atoms with E-state index < -0.39 is 0 Å². The van der Waals surface area contributed by atoms with E-state index in [0.717, 1.165) is 6.42 Å². The highest BCUT2D eigenvalue weighted by Crippen LogP contribution is 2.49. The number of hydrogen-bond acceptors (Lipinski definition) is 1. The van der Waals surface area contributed by atoms with Gasteiger partial charge in [0.05, 0.1) is 11.0 Å². The maximum Gasteiger partial charge on any atom is 0.0541 e. The van der Waals surface area contributed by atoms with Crippen LogP contribution in [0.5, 0.6) is 0 Å². The molecule has 0 fully saturated rings. The second-order valence-corrected chi connectivity index (χ2v) is 12.1. The normalized spacial score (nSPS) is 15.6. The Kier molecular flexibility index (Phi) is 4.84. The van der Waals surface area contributed by atoms with E-state index >= 15 is 0 Å². The summed E-state index contributed by atoms with van der Waals surface area (Å²) in [7, 11) is 0. The zero-order valence-electron chi connectivity index (χ0n) is 21.9. The van der Waals surface area contributed by atoms with E-state index in [1.54, 1.807) is 0 Å². The molecule has 2 heterocycles. The highest BCUT2D eigenvalue weighted by molar-refractivity contribution is 7.10. The Balaban J connectivity index is 1.46. The molecule has 1 atom stereocenters. The van der Waals surface area contributed by atoms with Crippen molar-refractivity contribution in [1.29, 1.82) is 0 Å². The first-order valence-electron chi connectivity index (χ1n) is 13.3. The number of fused-ring (bicyclic) bond motifs is 6. The number of hydrogen-bond donors (Lipinski definition) is 0. The van der Waals surface area contributed by atoms with Crippen molar-refractivity contribution in [3.8, 4) is 16.8 Å². The number of benzene rings is 4. The van der Waals surface area contributed by atoms with E-state index in [1.807, 2.05) is 11.3 Å². The van der Waals surface area contributed by atoms with Gasteiger partial charge in [0.1, 0.15) is 0 Å². The molecule has 0 N–H and O–H groups in total. The molecule has 0 radical (unpaired) electrons. The molecule has 0 bridgehead atoms. The molecule has 0 saturated heterocycles. The van der Waals surface area contributed by atoms with Gasteiger partial charge >= 0.3 is 0 Å². The van der Waals surface area contributed by atoms with Crippen molar-refractivity contribution in [2.24, 2.45) is 0 Å². The second kappa shape index (κ2) is 7.94. The number of aromatic nitrogens is 1. The summed E-state index contributed by atoms with van der Waals surface area (Å²) < 4.78 is 2.46. The third-order valence-electron chi connectivity index (χ3n) is 8.91. The van der Waals surface area contributed by atoms with E-state index in [-0.39, 0.29) is 10.8 Å². The van der Waals surface area contributed by atoms with Crippen molar-refractivity contribution >= 4 is 33.1 Å². The second-order valence-electron chi connectivity index (χ2n) is 11.1. The highest BCUT2D eigenvalue weighted by Gasteiger charge is 2.35. The lowest BCUT2D eigenvalue weighted by molar-refractivity contribution is 0.562. The summed E-state index contributed by atoms with van der Waals surface area (Å²) in [5.74, 6) is 0. The summed E-state index contributed by atoms with van der Waals surface area (Å²) in [4.78, 5) is 1.43. The summed E-state index contributed by atoms with van der Waals surface area (Å²) in [6.45, 7) is 9.41. The Labute approximate surface area is 223 Å². The molecule has 0 aliphatic heterocycles. The quantitative estimate of drug-likeness (QED) is 0.228. The standard InChI is InChI=1S/C35H31NS/c1-5-35(4,33-15-10-20-37-33)23-16-19-32-28(21-23)27-12-7-9-14-31(27)36(32)24-17-18-26-25-11-6-8-13-29(25)34(2,3)30(26)22-24/h6-22H,5H2,1-4H3. The lowest BCUT2D eigenvalue weighted by Gasteiger charge is -2.28. The van der Waals surface area contributed by atoms with Gasteiger partial charge < -0.3 is 4.57 Å². The van der Waals surface area contributed by atoms with Crippen molar-refractivity contribution in [2.75, 3.05) is 0 Å². The van der Waals surface area contributed by atoms with Crippen LogP contribution in [0, 0.1) is 0 Å². The predicted molar refractivity (Wildman–Crippen MR) is 159 cm³/mol. The number of rotatable bonds is 4. The maximum absolute atomic E-state index is 2.46. The molecule has 0 spiro atoms. The van der Waals surface area contributed by atoms with Crippen molar-refractivity contribution < 1.29 is 0 Å². The highest BCUT2D eigenvalue weighted by atomic mass is 32.1. The molecule has 0 amide bonds. The minimum absolute atomic E-state index is 0.00886. The lowest BCUT2D eigenvalue weighted by Crippen LogP contribution is -2.21. The van der Waals surface area contributed by atoms with E-state index in [0.29, 0.717) is 0 Å². The molecule has 182 valence electrons. The Bertz CT molecular complexity index is 1800. The topological polar surface area (TPSA) is 4.93 Å². The van der Waals surface area contributed by atoms with Crippen LogP contribution >= 0.6 is 11.3 Å². The lowest BCUT2D eigenvalue weighted by atomic mass is 9.78. The van der Waals surface area contributed by atoms with Gasteiger partial charge in [-0.1, -0.05) is 88.4 Å². The molecular formula is C35H31NS. The van der Waals surface area contributed by atoms with Gasteiger partial charge in [-0.15, -0.1) is 11.3 Å². The minimum Gasteiger partial charge on any atom is -0.309 e. The van der Waals surface area contributed by atoms with Gasteiger partial charge in [0.2, 0.25) is 0 Å². The fourth-order valence-electron chi connectivity index (χ4n) is 6.54. The summed E-state index contributed by atoms with van der Waals surface area (Å²) in [5, 5.41) is 4.83. The predicted octanol–water partition coefficient (Wildman–Crippen LogP) is 9.87. The minimum atomic E-state index is -0.0164. The van der Waals surface area contributed by atoms with Gasteiger partial charge in [-0.25, -0.2) is 0 Å². The molecule has 0 saturated carbocycles. The SMILES string of the molecule is CCC(C)(c1ccc2c(c1)c1ccccc1n2-c1ccc2c(c1)C(C)(C)c1ccccc1-2)c1cccs1. The molecule has 1 aliphatic rings. The van der Waals surface area contributed by atoms with E-state index in [4.69, 9.17) is 0 Å². The van der Waals surface area contributed by atoms with Crippen LogP contribution in [0.1, 0.15) is 55.7 Å². The molecular weight excluding hydrogens is 466 g/mol. The van der Waals surface area contributed by atoms with Gasteiger partial charge in [0, 0.05) is 32.2 Å². The molecule has 7 rings (SSSR count). The maximum atomic E-state index is 2.46. The largest absolute Gasteiger partial charge is 0.309 e. The van der Waals surface area contributed by atoms with E-state index in [2.05, 4.69) is 135 Å². The zero-order valence-corrected chi connectivity index (χ0v) is 22.7. The van der Waals surface area contributed by atoms with Gasteiger partial charge in [0.15, 0.2) is 0 Å². The molecule has 1 nitrogen and oxygen atoms in total. The summed E-state index contributed by atoms with van der Waals surface area (Å²) >= 11 is 1.86. The van der Waals surface area contributed by atoms with Crippen molar-refractivity contribution in [1.82, 2.24) is 4.57 Å². The molecule has 6 aromatic rings. The van der Waals surface area contributed by atoms with E-state index in [1.165, 1.54) is 60.2 Å². The Hall–Kier alpha value is -3.62. The third-order valence-corrected chi connectivity index (χ3v) is 10.0. The summed E-state index contributed by atoms with van der Waals surface area (Å²) in [6, 6.07) is 36.4. The summed E-state index contributed by atoms with van der Waals surface area (Å²) in [6.07, 6.45) is 1.07. The van der Waals surface area contributed by atoms with Crippen molar-refractivity contribution in [3.63, 3.8) is 0 Å². The summed E-state index contributed by atoms with van der Waals surface area (Å²) in [5.41, 5.74) is 10.7. The fraction of sp³-hybridized carbons (Fsp3) is 0.200. The van der Waals surface area contributed by atoms with Crippen LogP contribution in [0.2, 0.25) is 0 Å². The average molecular weight is 498 g/mol. The first kappa shape index (κ1) is 22.6. The van der Waals surface area contributed by atoms with Crippen LogP contribution in [0.4, 0.5) is 0 Å². The van der Waals surface area contributed by atoms with Gasteiger partial charge in [-0.3, -0.25) is 0 Å². The van der Waals surface area contributed by atoms with E-state index in [9.17, 15) is 0 Å². The van der Waals surface area contributed by atoms with Gasteiger partial charge in [0.25, 0.3) is 0 Å². The van der Waals surface area contributed by atoms with Crippen LogP contribution in [0.25, 0.3) is 38.6 Å². The van der Waals surface area contributed by atoms with Gasteiger partial charge in [-0.2, -0.15) is 0 Å². The first-order chi connectivity index (χ1) is 17.9. The Morgan fingerprint density at radius 3 is 2.30 bits per heavy atom.